The van der Waals surface area contributed by atoms with Crippen LogP contribution in [0, 0.1) is 5.41 Å². The van der Waals surface area contributed by atoms with Gasteiger partial charge in [-0.2, -0.15) is 4.98 Å². The van der Waals surface area contributed by atoms with Gasteiger partial charge in [0.25, 0.3) is 0 Å². The molecule has 1 N–H and O–H groups in total. The summed E-state index contributed by atoms with van der Waals surface area (Å²) in [6.45, 7) is 0. The van der Waals surface area contributed by atoms with Crippen LogP contribution in [0.3, 0.4) is 0 Å². The van der Waals surface area contributed by atoms with Crippen LogP contribution in [-0.2, 0) is 7.05 Å². The average Bonchev–Trinajstić information content (AvgIpc) is 1.94. The number of nitrogens with zero attached hydrogens (tertiary/aromatic N) is 3. The Morgan fingerprint density at radius 3 is 2.64 bits per heavy atom. The molecule has 0 aromatic carbocycles. The van der Waals surface area contributed by atoms with Crippen LogP contribution in [-0.4, -0.2) is 23.6 Å². The standard InChI is InChI=1S/C7H12N4/c1-10(2)6-4-5-11(3)7(8)9-6/h4-5,8H,1-3H3. The normalized spacial score (nSPS) is 9.73. The van der Waals surface area contributed by atoms with Crippen LogP contribution in [0.2, 0.25) is 0 Å². The molecule has 0 saturated heterocycles. The monoisotopic (exact) mass is 152 g/mol. The second-order valence-corrected chi connectivity index (χ2v) is 2.61. The Bertz CT molecular complexity index is 300. The molecule has 0 spiro atoms. The molecule has 4 nitrogen and oxygen atoms in total. The largest absolute Gasteiger partial charge is 0.363 e. The smallest absolute Gasteiger partial charge is 0.223 e. The van der Waals surface area contributed by atoms with Crippen molar-refractivity contribution in [3.63, 3.8) is 0 Å². The molecule has 0 radical (unpaired) electrons. The predicted molar refractivity (Wildman–Crippen MR) is 43.4 cm³/mol. The van der Waals surface area contributed by atoms with E-state index in [0.29, 0.717) is 0 Å². The van der Waals surface area contributed by atoms with Gasteiger partial charge >= 0.3 is 0 Å². The summed E-state index contributed by atoms with van der Waals surface area (Å²) in [5.74, 6) is 0.813. The summed E-state index contributed by atoms with van der Waals surface area (Å²) in [7, 11) is 5.61. The first-order valence-electron chi connectivity index (χ1n) is 3.37. The fraction of sp³-hybridized carbons (Fsp3) is 0.429. The minimum atomic E-state index is 0.274. The summed E-state index contributed by atoms with van der Waals surface area (Å²) in [6, 6.07) is 1.87. The molecule has 1 rings (SSSR count). The number of aryl methyl sites for hydroxylation is 1. The van der Waals surface area contributed by atoms with E-state index in [9.17, 15) is 0 Å². The van der Waals surface area contributed by atoms with Gasteiger partial charge in [-0.15, -0.1) is 0 Å². The van der Waals surface area contributed by atoms with Gasteiger partial charge in [-0.25, -0.2) is 0 Å². The van der Waals surface area contributed by atoms with E-state index in [-0.39, 0.29) is 5.62 Å². The summed E-state index contributed by atoms with van der Waals surface area (Å²) in [5.41, 5.74) is 0.274. The molecule has 0 aliphatic heterocycles. The van der Waals surface area contributed by atoms with E-state index in [0.717, 1.165) is 5.82 Å². The molecular formula is C7H12N4. The number of nitrogens with one attached hydrogen (secondary N) is 1. The quantitative estimate of drug-likeness (QED) is 0.614. The van der Waals surface area contributed by atoms with E-state index in [2.05, 4.69) is 4.98 Å². The fourth-order valence-corrected chi connectivity index (χ4v) is 0.723. The summed E-state index contributed by atoms with van der Waals surface area (Å²) in [6.07, 6.45) is 1.82. The molecule has 1 aromatic rings. The first-order chi connectivity index (χ1) is 5.11. The van der Waals surface area contributed by atoms with Crippen LogP contribution >= 0.6 is 0 Å². The molecule has 0 amide bonds. The van der Waals surface area contributed by atoms with Gasteiger partial charge in [-0.05, 0) is 6.07 Å². The van der Waals surface area contributed by atoms with Crippen molar-refractivity contribution in [3.8, 4) is 0 Å². The summed E-state index contributed by atoms with van der Waals surface area (Å²) < 4.78 is 1.66. The lowest BCUT2D eigenvalue weighted by Crippen LogP contribution is -2.23. The lowest BCUT2D eigenvalue weighted by Gasteiger charge is -2.10. The van der Waals surface area contributed by atoms with Crippen LogP contribution < -0.4 is 10.5 Å². The summed E-state index contributed by atoms with van der Waals surface area (Å²) >= 11 is 0. The van der Waals surface area contributed by atoms with E-state index in [1.165, 1.54) is 0 Å². The maximum Gasteiger partial charge on any atom is 0.223 e. The summed E-state index contributed by atoms with van der Waals surface area (Å²) in [4.78, 5) is 5.90. The van der Waals surface area contributed by atoms with Gasteiger partial charge in [0.2, 0.25) is 5.62 Å². The minimum Gasteiger partial charge on any atom is -0.363 e. The Morgan fingerprint density at radius 2 is 2.18 bits per heavy atom. The van der Waals surface area contributed by atoms with Crippen LogP contribution in [0.1, 0.15) is 0 Å². The van der Waals surface area contributed by atoms with Gasteiger partial charge in [0.15, 0.2) is 0 Å². The molecule has 0 fully saturated rings. The molecule has 0 unspecified atom stereocenters. The van der Waals surface area contributed by atoms with Gasteiger partial charge in [-0.3, -0.25) is 5.41 Å². The van der Waals surface area contributed by atoms with Crippen molar-refractivity contribution >= 4 is 5.82 Å². The van der Waals surface area contributed by atoms with Crippen molar-refractivity contribution in [2.75, 3.05) is 19.0 Å². The topological polar surface area (TPSA) is 44.9 Å². The van der Waals surface area contributed by atoms with E-state index in [1.807, 2.05) is 31.3 Å². The Kier molecular flexibility index (Phi) is 1.94. The molecule has 0 aliphatic rings. The predicted octanol–water partition coefficient (Wildman–Crippen LogP) is -0.0344. The highest BCUT2D eigenvalue weighted by molar-refractivity contribution is 5.33. The van der Waals surface area contributed by atoms with E-state index in [4.69, 9.17) is 5.41 Å². The molecule has 1 aromatic heterocycles. The van der Waals surface area contributed by atoms with Gasteiger partial charge in [0.1, 0.15) is 5.82 Å². The number of rotatable bonds is 1. The second-order valence-electron chi connectivity index (χ2n) is 2.61. The van der Waals surface area contributed by atoms with E-state index in [1.54, 1.807) is 11.6 Å². The Hall–Kier alpha value is -1.32. The molecule has 0 bridgehead atoms. The zero-order chi connectivity index (χ0) is 8.43. The zero-order valence-corrected chi connectivity index (χ0v) is 7.00. The maximum atomic E-state index is 7.38. The molecule has 0 aliphatic carbocycles. The lowest BCUT2D eigenvalue weighted by atomic mass is 10.5. The van der Waals surface area contributed by atoms with Crippen LogP contribution in [0.25, 0.3) is 0 Å². The van der Waals surface area contributed by atoms with Crippen molar-refractivity contribution in [2.24, 2.45) is 7.05 Å². The number of hydrogen-bond donors (Lipinski definition) is 1. The third kappa shape index (κ3) is 1.58. The van der Waals surface area contributed by atoms with Gasteiger partial charge in [0.05, 0.1) is 0 Å². The van der Waals surface area contributed by atoms with Crippen molar-refractivity contribution < 1.29 is 0 Å². The molecule has 60 valence electrons. The third-order valence-corrected chi connectivity index (χ3v) is 1.46. The first kappa shape index (κ1) is 7.78. The highest BCUT2D eigenvalue weighted by atomic mass is 15.2. The highest BCUT2D eigenvalue weighted by Gasteiger charge is 1.95. The zero-order valence-electron chi connectivity index (χ0n) is 7.00. The number of hydrogen-bond acceptors (Lipinski definition) is 3. The van der Waals surface area contributed by atoms with E-state index >= 15 is 0 Å². The lowest BCUT2D eigenvalue weighted by molar-refractivity contribution is 0.758. The minimum absolute atomic E-state index is 0.274. The summed E-state index contributed by atoms with van der Waals surface area (Å²) in [5, 5.41) is 7.38. The molecular weight excluding hydrogens is 140 g/mol. The van der Waals surface area contributed by atoms with E-state index < -0.39 is 0 Å². The second kappa shape index (κ2) is 2.74. The van der Waals surface area contributed by atoms with Crippen molar-refractivity contribution in [1.29, 1.82) is 5.41 Å². The van der Waals surface area contributed by atoms with Gasteiger partial charge < -0.3 is 9.47 Å². The Labute approximate surface area is 65.6 Å². The van der Waals surface area contributed by atoms with Crippen LogP contribution in [0.4, 0.5) is 5.82 Å². The molecule has 4 heteroatoms. The van der Waals surface area contributed by atoms with Crippen LogP contribution in [0.5, 0.6) is 0 Å². The Balaban J connectivity index is 3.16. The first-order valence-corrected chi connectivity index (χ1v) is 3.37. The number of anilines is 1. The third-order valence-electron chi connectivity index (χ3n) is 1.46. The SMILES string of the molecule is CN(C)c1ccn(C)c(=N)n1. The maximum absolute atomic E-state index is 7.38. The molecule has 11 heavy (non-hydrogen) atoms. The molecule has 0 saturated carbocycles. The van der Waals surface area contributed by atoms with Crippen LogP contribution in [0.15, 0.2) is 12.3 Å². The van der Waals surface area contributed by atoms with Gasteiger partial charge in [0, 0.05) is 27.3 Å². The highest BCUT2D eigenvalue weighted by Crippen LogP contribution is 1.99. The van der Waals surface area contributed by atoms with Crippen molar-refractivity contribution in [1.82, 2.24) is 9.55 Å². The fourth-order valence-electron chi connectivity index (χ4n) is 0.723. The number of aromatic nitrogens is 2. The molecule has 0 atom stereocenters. The Morgan fingerprint density at radius 1 is 1.55 bits per heavy atom. The van der Waals surface area contributed by atoms with Crippen molar-refractivity contribution in [2.45, 2.75) is 0 Å². The van der Waals surface area contributed by atoms with Crippen molar-refractivity contribution in [3.05, 3.63) is 17.9 Å². The average molecular weight is 152 g/mol. The van der Waals surface area contributed by atoms with Gasteiger partial charge in [-0.1, -0.05) is 0 Å². The molecule has 1 heterocycles.